The summed E-state index contributed by atoms with van der Waals surface area (Å²) in [6.07, 6.45) is 3.12. The van der Waals surface area contributed by atoms with E-state index in [4.69, 9.17) is 4.74 Å². The maximum absolute atomic E-state index is 5.66. The summed E-state index contributed by atoms with van der Waals surface area (Å²) in [6.45, 7) is 0. The fourth-order valence-electron chi connectivity index (χ4n) is 1.37. The summed E-state index contributed by atoms with van der Waals surface area (Å²) < 4.78 is 8.08. The van der Waals surface area contributed by atoms with Crippen LogP contribution < -0.4 is 4.74 Å². The second-order valence-corrected chi connectivity index (χ2v) is 4.17. The van der Waals surface area contributed by atoms with E-state index < -0.39 is 0 Å². The summed E-state index contributed by atoms with van der Waals surface area (Å²) in [5.41, 5.74) is 0.539. The van der Waals surface area contributed by atoms with Crippen molar-refractivity contribution >= 4 is 21.6 Å². The van der Waals surface area contributed by atoms with Gasteiger partial charge in [0.15, 0.2) is 0 Å². The van der Waals surface area contributed by atoms with E-state index in [1.54, 1.807) is 12.4 Å². The van der Waals surface area contributed by atoms with Gasteiger partial charge in [0, 0.05) is 4.47 Å². The van der Waals surface area contributed by atoms with Crippen molar-refractivity contribution in [1.29, 1.82) is 0 Å². The van der Waals surface area contributed by atoms with Crippen molar-refractivity contribution < 1.29 is 4.74 Å². The molecule has 0 saturated heterocycles. The predicted molar refractivity (Wildman–Crippen MR) is 62.8 cm³/mol. The zero-order chi connectivity index (χ0) is 11.7. The summed E-state index contributed by atoms with van der Waals surface area (Å²) in [7, 11) is 0. The number of hydrogen-bond acceptors (Lipinski definition) is 5. The molecule has 6 nitrogen and oxygen atoms in total. The third-order valence-corrected chi connectivity index (χ3v) is 2.59. The van der Waals surface area contributed by atoms with Crippen LogP contribution in [0, 0.1) is 0 Å². The van der Waals surface area contributed by atoms with Crippen LogP contribution in [0.25, 0.3) is 5.65 Å². The van der Waals surface area contributed by atoms with Crippen molar-refractivity contribution in [2.45, 2.75) is 0 Å². The maximum Gasteiger partial charge on any atom is 0.242 e. The van der Waals surface area contributed by atoms with Gasteiger partial charge in [-0.3, -0.25) is 4.98 Å². The van der Waals surface area contributed by atoms with E-state index in [2.05, 4.69) is 36.4 Å². The standard InChI is InChI=1S/C10H6BrN5O/c11-7-2-1-3-8(4-7)17-10-6-12-5-9-13-14-15-16(9)10/h1-6H. The lowest BCUT2D eigenvalue weighted by Crippen LogP contribution is -1.96. The van der Waals surface area contributed by atoms with Gasteiger partial charge in [-0.1, -0.05) is 22.0 Å². The van der Waals surface area contributed by atoms with Crippen molar-refractivity contribution in [3.8, 4) is 11.6 Å². The molecule has 0 spiro atoms. The molecule has 0 atom stereocenters. The molecule has 0 radical (unpaired) electrons. The fraction of sp³-hybridized carbons (Fsp3) is 0. The van der Waals surface area contributed by atoms with Crippen LogP contribution in [0.5, 0.6) is 11.6 Å². The molecule has 0 amide bonds. The molecule has 84 valence electrons. The van der Waals surface area contributed by atoms with Crippen molar-refractivity contribution in [2.75, 3.05) is 0 Å². The Labute approximate surface area is 104 Å². The Morgan fingerprint density at radius 2 is 2.18 bits per heavy atom. The number of benzene rings is 1. The summed E-state index contributed by atoms with van der Waals surface area (Å²) in [5.74, 6) is 1.15. The van der Waals surface area contributed by atoms with Gasteiger partial charge in [0.2, 0.25) is 11.5 Å². The first-order valence-electron chi connectivity index (χ1n) is 4.78. The molecule has 0 saturated carbocycles. The Balaban J connectivity index is 2.02. The van der Waals surface area contributed by atoms with Crippen molar-refractivity contribution in [3.63, 3.8) is 0 Å². The van der Waals surface area contributed by atoms with E-state index in [1.165, 1.54) is 4.52 Å². The summed E-state index contributed by atoms with van der Waals surface area (Å²) >= 11 is 3.37. The molecule has 2 heterocycles. The largest absolute Gasteiger partial charge is 0.437 e. The summed E-state index contributed by atoms with van der Waals surface area (Å²) in [5, 5.41) is 11.2. The monoisotopic (exact) mass is 291 g/mol. The van der Waals surface area contributed by atoms with Crippen LogP contribution >= 0.6 is 15.9 Å². The first-order valence-corrected chi connectivity index (χ1v) is 5.58. The highest BCUT2D eigenvalue weighted by molar-refractivity contribution is 9.10. The Hall–Kier alpha value is -2.02. The predicted octanol–water partition coefficient (Wildman–Crippen LogP) is 2.07. The Morgan fingerprint density at radius 1 is 1.24 bits per heavy atom. The number of ether oxygens (including phenoxy) is 1. The first-order chi connectivity index (χ1) is 8.33. The molecule has 3 rings (SSSR count). The Kier molecular flexibility index (Phi) is 2.45. The van der Waals surface area contributed by atoms with Crippen LogP contribution in [0.2, 0.25) is 0 Å². The molecular formula is C10H6BrN5O. The lowest BCUT2D eigenvalue weighted by molar-refractivity contribution is 0.442. The Morgan fingerprint density at radius 3 is 3.06 bits per heavy atom. The van der Waals surface area contributed by atoms with Gasteiger partial charge in [0.1, 0.15) is 5.75 Å². The highest BCUT2D eigenvalue weighted by Gasteiger charge is 2.06. The van der Waals surface area contributed by atoms with E-state index in [0.717, 1.165) is 4.47 Å². The molecular weight excluding hydrogens is 286 g/mol. The van der Waals surface area contributed by atoms with E-state index in [0.29, 0.717) is 17.3 Å². The van der Waals surface area contributed by atoms with Gasteiger partial charge in [-0.2, -0.15) is 4.52 Å². The summed E-state index contributed by atoms with van der Waals surface area (Å²) in [6, 6.07) is 7.49. The molecule has 1 aromatic carbocycles. The molecule has 0 aliphatic heterocycles. The minimum Gasteiger partial charge on any atom is -0.437 e. The topological polar surface area (TPSA) is 65.2 Å². The smallest absolute Gasteiger partial charge is 0.242 e. The molecule has 0 aliphatic carbocycles. The van der Waals surface area contributed by atoms with Gasteiger partial charge in [0.05, 0.1) is 12.4 Å². The minimum absolute atomic E-state index is 0.464. The Bertz CT molecular complexity index is 668. The molecule has 0 aliphatic rings. The zero-order valence-electron chi connectivity index (χ0n) is 8.49. The average Bonchev–Trinajstić information content (AvgIpc) is 2.78. The molecule has 0 unspecified atom stereocenters. The third kappa shape index (κ3) is 1.96. The quantitative estimate of drug-likeness (QED) is 0.723. The van der Waals surface area contributed by atoms with Gasteiger partial charge in [-0.05, 0) is 28.6 Å². The molecule has 7 heteroatoms. The molecule has 0 fully saturated rings. The average molecular weight is 292 g/mol. The van der Waals surface area contributed by atoms with Gasteiger partial charge in [-0.15, -0.1) is 5.10 Å². The third-order valence-electron chi connectivity index (χ3n) is 2.10. The molecule has 2 aromatic heterocycles. The number of halogens is 1. The van der Waals surface area contributed by atoms with E-state index >= 15 is 0 Å². The second kappa shape index (κ2) is 4.10. The lowest BCUT2D eigenvalue weighted by Gasteiger charge is -2.05. The molecule has 0 bridgehead atoms. The highest BCUT2D eigenvalue weighted by Crippen LogP contribution is 2.23. The van der Waals surface area contributed by atoms with Gasteiger partial charge < -0.3 is 4.74 Å². The highest BCUT2D eigenvalue weighted by atomic mass is 79.9. The van der Waals surface area contributed by atoms with Gasteiger partial charge in [-0.25, -0.2) is 0 Å². The number of tetrazole rings is 1. The van der Waals surface area contributed by atoms with Crippen molar-refractivity contribution in [1.82, 2.24) is 25.0 Å². The van der Waals surface area contributed by atoms with Crippen molar-refractivity contribution in [3.05, 3.63) is 41.1 Å². The van der Waals surface area contributed by atoms with E-state index in [9.17, 15) is 0 Å². The molecule has 0 N–H and O–H groups in total. The van der Waals surface area contributed by atoms with Crippen LogP contribution in [0.4, 0.5) is 0 Å². The van der Waals surface area contributed by atoms with Crippen LogP contribution in [0.3, 0.4) is 0 Å². The molecule has 3 aromatic rings. The normalized spacial score (nSPS) is 10.6. The SMILES string of the molecule is Brc1cccc(Oc2cncc3nnnn23)c1. The minimum atomic E-state index is 0.464. The number of nitrogens with zero attached hydrogens (tertiary/aromatic N) is 5. The van der Waals surface area contributed by atoms with Crippen LogP contribution in [0.15, 0.2) is 41.1 Å². The maximum atomic E-state index is 5.66. The van der Waals surface area contributed by atoms with E-state index in [1.807, 2.05) is 24.3 Å². The lowest BCUT2D eigenvalue weighted by atomic mass is 10.3. The second-order valence-electron chi connectivity index (χ2n) is 3.25. The summed E-state index contributed by atoms with van der Waals surface area (Å²) in [4.78, 5) is 4.00. The van der Waals surface area contributed by atoms with Crippen LogP contribution in [0.1, 0.15) is 0 Å². The number of hydrogen-bond donors (Lipinski definition) is 0. The van der Waals surface area contributed by atoms with Crippen molar-refractivity contribution in [2.24, 2.45) is 0 Å². The van der Waals surface area contributed by atoms with E-state index in [-0.39, 0.29) is 0 Å². The first kappa shape index (κ1) is 10.2. The van der Waals surface area contributed by atoms with Crippen LogP contribution in [-0.4, -0.2) is 25.0 Å². The number of rotatable bonds is 2. The number of aromatic nitrogens is 5. The van der Waals surface area contributed by atoms with Crippen LogP contribution in [-0.2, 0) is 0 Å². The number of fused-ring (bicyclic) bond motifs is 1. The van der Waals surface area contributed by atoms with Gasteiger partial charge in [0.25, 0.3) is 0 Å². The zero-order valence-corrected chi connectivity index (χ0v) is 10.1. The fourth-order valence-corrected chi connectivity index (χ4v) is 1.75. The molecule has 17 heavy (non-hydrogen) atoms. The van der Waals surface area contributed by atoms with Gasteiger partial charge >= 0.3 is 0 Å².